The third-order valence-electron chi connectivity index (χ3n) is 2.47. The zero-order chi connectivity index (χ0) is 15.1. The Kier molecular flexibility index (Phi) is 5.53. The number of nitrogens with two attached hydrogens (primary N) is 1. The van der Waals surface area contributed by atoms with Gasteiger partial charge in [-0.2, -0.15) is 4.39 Å². The maximum absolute atomic E-state index is 12.3. The molecule has 0 spiro atoms. The minimum absolute atomic E-state index is 0.0978. The molecule has 5 heteroatoms. The molecule has 20 heavy (non-hydrogen) atoms. The number of nitrogens with zero attached hydrogens (tertiary/aromatic N) is 1. The summed E-state index contributed by atoms with van der Waals surface area (Å²) in [5.74, 6) is 0.355. The van der Waals surface area contributed by atoms with Crippen molar-refractivity contribution >= 4 is 11.8 Å². The number of nitrogen functional groups attached to an aromatic ring is 1. The summed E-state index contributed by atoms with van der Waals surface area (Å²) in [6, 6.07) is 8.16. The molecule has 0 aliphatic heterocycles. The molecule has 0 fully saturated rings. The van der Waals surface area contributed by atoms with Gasteiger partial charge in [0.25, 0.3) is 0 Å². The number of phenolic OH excluding ortho intramolecular Hbond substituents is 1. The molecule has 1 heterocycles. The second-order valence-corrected chi connectivity index (χ2v) is 3.96. The number of rotatable bonds is 2. The fraction of sp³-hybridized carbons (Fsp3) is 0.133. The highest BCUT2D eigenvalue weighted by molar-refractivity contribution is 5.57. The molecule has 1 aromatic heterocycles. The lowest BCUT2D eigenvalue weighted by molar-refractivity contribution is 0.412. The van der Waals surface area contributed by atoms with E-state index in [1.807, 2.05) is 0 Å². The molecule has 3 N–H and O–H groups in total. The van der Waals surface area contributed by atoms with Crippen LogP contribution in [0.15, 0.2) is 36.9 Å². The SMILES string of the molecule is C=Cc1cc(OC)ccc1O.Cc1ccc(N)c(F)n1. The summed E-state index contributed by atoms with van der Waals surface area (Å²) in [7, 11) is 1.58. The largest absolute Gasteiger partial charge is 0.507 e. The highest BCUT2D eigenvalue weighted by Gasteiger charge is 1.97. The van der Waals surface area contributed by atoms with Gasteiger partial charge in [0.1, 0.15) is 11.5 Å². The van der Waals surface area contributed by atoms with Crippen molar-refractivity contribution in [2.75, 3.05) is 12.8 Å². The minimum Gasteiger partial charge on any atom is -0.507 e. The normalized spacial score (nSPS) is 9.35. The number of hydrogen-bond donors (Lipinski definition) is 2. The summed E-state index contributed by atoms with van der Waals surface area (Å²) in [5.41, 5.74) is 6.57. The minimum atomic E-state index is -0.588. The predicted molar refractivity (Wildman–Crippen MR) is 78.1 cm³/mol. The number of phenols is 1. The number of aromatic hydroxyl groups is 1. The Morgan fingerprint density at radius 3 is 2.55 bits per heavy atom. The van der Waals surface area contributed by atoms with Crippen LogP contribution in [0, 0.1) is 12.9 Å². The number of hydrogen-bond acceptors (Lipinski definition) is 4. The van der Waals surface area contributed by atoms with Gasteiger partial charge in [-0.3, -0.25) is 0 Å². The third-order valence-corrected chi connectivity index (χ3v) is 2.47. The number of ether oxygens (including phenoxy) is 1. The molecule has 1 aromatic carbocycles. The topological polar surface area (TPSA) is 68.4 Å². The fourth-order valence-corrected chi connectivity index (χ4v) is 1.36. The number of aryl methyl sites for hydroxylation is 1. The van der Waals surface area contributed by atoms with E-state index in [2.05, 4.69) is 11.6 Å². The highest BCUT2D eigenvalue weighted by Crippen LogP contribution is 2.23. The number of anilines is 1. The van der Waals surface area contributed by atoms with E-state index < -0.39 is 5.95 Å². The molecule has 0 aliphatic carbocycles. The van der Waals surface area contributed by atoms with E-state index in [4.69, 9.17) is 10.5 Å². The van der Waals surface area contributed by atoms with E-state index in [0.717, 1.165) is 5.75 Å². The molecule has 2 aromatic rings. The molecule has 2 rings (SSSR count). The van der Waals surface area contributed by atoms with E-state index in [-0.39, 0.29) is 11.4 Å². The van der Waals surface area contributed by atoms with Crippen molar-refractivity contribution in [3.63, 3.8) is 0 Å². The van der Waals surface area contributed by atoms with Crippen LogP contribution in [0.2, 0.25) is 0 Å². The summed E-state index contributed by atoms with van der Waals surface area (Å²) in [4.78, 5) is 3.48. The van der Waals surface area contributed by atoms with Crippen LogP contribution < -0.4 is 10.5 Å². The number of pyridine rings is 1. The van der Waals surface area contributed by atoms with Gasteiger partial charge in [0, 0.05) is 11.3 Å². The summed E-state index contributed by atoms with van der Waals surface area (Å²) in [6.07, 6.45) is 1.58. The molecular weight excluding hydrogens is 259 g/mol. The standard InChI is InChI=1S/C9H10O2.C6H7FN2/c1-3-7-6-8(11-2)4-5-9(7)10;1-4-2-3-5(8)6(7)9-4/h3-6,10H,1H2,2H3;2-3H,8H2,1H3. The first-order chi connectivity index (χ1) is 9.47. The molecule has 0 amide bonds. The fourth-order valence-electron chi connectivity index (χ4n) is 1.36. The van der Waals surface area contributed by atoms with Gasteiger partial charge < -0.3 is 15.6 Å². The Morgan fingerprint density at radius 1 is 1.35 bits per heavy atom. The van der Waals surface area contributed by atoms with Crippen LogP contribution in [-0.2, 0) is 0 Å². The van der Waals surface area contributed by atoms with Crippen LogP contribution in [0.25, 0.3) is 6.08 Å². The summed E-state index contributed by atoms with van der Waals surface area (Å²) in [6.45, 7) is 5.26. The number of methoxy groups -OCH3 is 1. The molecule has 4 nitrogen and oxygen atoms in total. The molecular formula is C15H17FN2O2. The van der Waals surface area contributed by atoms with Crippen molar-refractivity contribution < 1.29 is 14.2 Å². The van der Waals surface area contributed by atoms with Crippen LogP contribution in [0.3, 0.4) is 0 Å². The molecule has 0 atom stereocenters. The van der Waals surface area contributed by atoms with E-state index in [1.165, 1.54) is 6.07 Å². The molecule has 0 saturated heterocycles. The van der Waals surface area contributed by atoms with Crippen molar-refractivity contribution in [1.29, 1.82) is 0 Å². The Morgan fingerprint density at radius 2 is 2.05 bits per heavy atom. The monoisotopic (exact) mass is 276 g/mol. The van der Waals surface area contributed by atoms with Crippen molar-refractivity contribution in [1.82, 2.24) is 4.98 Å². The number of benzene rings is 1. The average Bonchev–Trinajstić information content (AvgIpc) is 2.44. The first-order valence-electron chi connectivity index (χ1n) is 5.86. The van der Waals surface area contributed by atoms with E-state index in [0.29, 0.717) is 11.3 Å². The van der Waals surface area contributed by atoms with Gasteiger partial charge in [0.05, 0.1) is 12.8 Å². The Bertz CT molecular complexity index is 600. The van der Waals surface area contributed by atoms with Crippen LogP contribution in [0.1, 0.15) is 11.3 Å². The van der Waals surface area contributed by atoms with Gasteiger partial charge in [0.2, 0.25) is 5.95 Å². The first-order valence-corrected chi connectivity index (χ1v) is 5.86. The van der Waals surface area contributed by atoms with Crippen molar-refractivity contribution in [3.8, 4) is 11.5 Å². The van der Waals surface area contributed by atoms with Gasteiger partial charge >= 0.3 is 0 Å². The molecule has 0 bridgehead atoms. The lowest BCUT2D eigenvalue weighted by Crippen LogP contribution is -1.94. The van der Waals surface area contributed by atoms with Crippen LogP contribution in [0.4, 0.5) is 10.1 Å². The molecule has 0 unspecified atom stereocenters. The Labute approximate surface area is 117 Å². The van der Waals surface area contributed by atoms with Crippen molar-refractivity contribution in [2.24, 2.45) is 0 Å². The summed E-state index contributed by atoms with van der Waals surface area (Å²) >= 11 is 0. The molecule has 0 saturated carbocycles. The zero-order valence-corrected chi connectivity index (χ0v) is 11.4. The molecule has 0 radical (unpaired) electrons. The first kappa shape index (κ1) is 15.5. The van der Waals surface area contributed by atoms with Crippen LogP contribution >= 0.6 is 0 Å². The summed E-state index contributed by atoms with van der Waals surface area (Å²) < 4.78 is 17.3. The smallest absolute Gasteiger partial charge is 0.236 e. The predicted octanol–water partition coefficient (Wildman–Crippen LogP) is 3.16. The van der Waals surface area contributed by atoms with E-state index >= 15 is 0 Å². The van der Waals surface area contributed by atoms with E-state index in [9.17, 15) is 9.50 Å². The lowest BCUT2D eigenvalue weighted by atomic mass is 10.2. The van der Waals surface area contributed by atoms with Gasteiger partial charge in [-0.05, 0) is 37.3 Å². The Hall–Kier alpha value is -2.56. The van der Waals surface area contributed by atoms with Gasteiger partial charge in [-0.25, -0.2) is 4.98 Å². The van der Waals surface area contributed by atoms with E-state index in [1.54, 1.807) is 44.4 Å². The van der Waals surface area contributed by atoms with Gasteiger partial charge in [-0.1, -0.05) is 12.7 Å². The Balaban J connectivity index is 0.000000204. The second kappa shape index (κ2) is 7.13. The lowest BCUT2D eigenvalue weighted by Gasteiger charge is -2.02. The van der Waals surface area contributed by atoms with Crippen molar-refractivity contribution in [3.05, 3.63) is 54.1 Å². The molecule has 106 valence electrons. The van der Waals surface area contributed by atoms with Crippen molar-refractivity contribution in [2.45, 2.75) is 6.92 Å². The zero-order valence-electron chi connectivity index (χ0n) is 11.4. The number of halogens is 1. The highest BCUT2D eigenvalue weighted by atomic mass is 19.1. The van der Waals surface area contributed by atoms with Gasteiger partial charge in [0.15, 0.2) is 0 Å². The number of aromatic nitrogens is 1. The maximum Gasteiger partial charge on any atom is 0.236 e. The van der Waals surface area contributed by atoms with Crippen LogP contribution in [-0.4, -0.2) is 17.2 Å². The second-order valence-electron chi connectivity index (χ2n) is 3.96. The summed E-state index contributed by atoms with van der Waals surface area (Å²) in [5, 5.41) is 9.20. The average molecular weight is 276 g/mol. The van der Waals surface area contributed by atoms with Gasteiger partial charge in [-0.15, -0.1) is 0 Å². The van der Waals surface area contributed by atoms with Crippen LogP contribution in [0.5, 0.6) is 11.5 Å². The maximum atomic E-state index is 12.3. The third kappa shape index (κ3) is 4.28. The quantitative estimate of drug-likeness (QED) is 0.827. The molecule has 0 aliphatic rings.